The van der Waals surface area contributed by atoms with Gasteiger partial charge in [0.05, 0.1) is 16.3 Å². The summed E-state index contributed by atoms with van der Waals surface area (Å²) >= 11 is 1.74. The molecule has 0 amide bonds. The number of aryl methyl sites for hydroxylation is 2. The quantitative estimate of drug-likeness (QED) is 0.919. The molecule has 1 aliphatic heterocycles. The van der Waals surface area contributed by atoms with Crippen LogP contribution in [0.2, 0.25) is 0 Å². The van der Waals surface area contributed by atoms with Gasteiger partial charge in [-0.1, -0.05) is 23.5 Å². The van der Waals surface area contributed by atoms with Crippen LogP contribution in [0, 0.1) is 13.8 Å². The Hall–Kier alpha value is -1.13. The first-order valence-corrected chi connectivity index (χ1v) is 7.28. The molecule has 1 aromatic heterocycles. The second kappa shape index (κ2) is 4.86. The van der Waals surface area contributed by atoms with Crippen molar-refractivity contribution in [1.82, 2.24) is 4.98 Å². The SMILES string of the molecule is Cc1ccc(C)c2sc(NCC3CCCO3)nc12. The predicted molar refractivity (Wildman–Crippen MR) is 76.6 cm³/mol. The summed E-state index contributed by atoms with van der Waals surface area (Å²) in [5.74, 6) is 0. The Bertz CT molecular complexity index is 519. The molecule has 1 aliphatic rings. The van der Waals surface area contributed by atoms with Crippen molar-refractivity contribution in [3.63, 3.8) is 0 Å². The zero-order valence-electron chi connectivity index (χ0n) is 10.8. The van der Waals surface area contributed by atoms with E-state index in [0.717, 1.165) is 30.2 Å². The summed E-state index contributed by atoms with van der Waals surface area (Å²) in [6, 6.07) is 4.31. The first kappa shape index (κ1) is 11.9. The highest BCUT2D eigenvalue weighted by Gasteiger charge is 2.16. The first-order chi connectivity index (χ1) is 8.74. The van der Waals surface area contributed by atoms with Gasteiger partial charge in [0.15, 0.2) is 5.13 Å². The summed E-state index contributed by atoms with van der Waals surface area (Å²) in [6.07, 6.45) is 2.71. The molecule has 1 unspecified atom stereocenters. The van der Waals surface area contributed by atoms with E-state index < -0.39 is 0 Å². The molecule has 0 spiro atoms. The lowest BCUT2D eigenvalue weighted by atomic mass is 10.1. The van der Waals surface area contributed by atoms with Crippen molar-refractivity contribution in [2.24, 2.45) is 0 Å². The topological polar surface area (TPSA) is 34.1 Å². The number of fused-ring (bicyclic) bond motifs is 1. The largest absolute Gasteiger partial charge is 0.376 e. The zero-order chi connectivity index (χ0) is 12.5. The van der Waals surface area contributed by atoms with E-state index in [-0.39, 0.29) is 0 Å². The number of ether oxygens (including phenoxy) is 1. The van der Waals surface area contributed by atoms with Gasteiger partial charge >= 0.3 is 0 Å². The number of nitrogens with zero attached hydrogens (tertiary/aromatic N) is 1. The molecule has 0 saturated carbocycles. The molecule has 0 bridgehead atoms. The molecule has 2 heterocycles. The van der Waals surface area contributed by atoms with Crippen molar-refractivity contribution < 1.29 is 4.74 Å². The number of nitrogens with one attached hydrogen (secondary N) is 1. The van der Waals surface area contributed by atoms with Gasteiger partial charge in [0.25, 0.3) is 0 Å². The van der Waals surface area contributed by atoms with Crippen molar-refractivity contribution in [3.05, 3.63) is 23.3 Å². The van der Waals surface area contributed by atoms with Gasteiger partial charge in [-0.25, -0.2) is 4.98 Å². The molecule has 1 N–H and O–H groups in total. The molecule has 1 saturated heterocycles. The maximum Gasteiger partial charge on any atom is 0.183 e. The molecule has 4 heteroatoms. The third-order valence-corrected chi connectivity index (χ3v) is 4.60. The van der Waals surface area contributed by atoms with Crippen LogP contribution in [0.5, 0.6) is 0 Å². The van der Waals surface area contributed by atoms with Gasteiger partial charge in [-0.2, -0.15) is 0 Å². The maximum atomic E-state index is 5.61. The van der Waals surface area contributed by atoms with Gasteiger partial charge in [-0.15, -0.1) is 0 Å². The summed E-state index contributed by atoms with van der Waals surface area (Å²) < 4.78 is 6.91. The average molecular weight is 262 g/mol. The van der Waals surface area contributed by atoms with E-state index in [0.29, 0.717) is 6.10 Å². The average Bonchev–Trinajstić information content (AvgIpc) is 3.00. The van der Waals surface area contributed by atoms with Crippen molar-refractivity contribution >= 4 is 26.7 Å². The Morgan fingerprint density at radius 1 is 1.39 bits per heavy atom. The van der Waals surface area contributed by atoms with Gasteiger partial charge in [0.2, 0.25) is 0 Å². The predicted octanol–water partition coefficient (Wildman–Crippen LogP) is 3.50. The number of hydrogen-bond donors (Lipinski definition) is 1. The highest BCUT2D eigenvalue weighted by molar-refractivity contribution is 7.22. The van der Waals surface area contributed by atoms with Crippen LogP contribution in [-0.2, 0) is 4.74 Å². The zero-order valence-corrected chi connectivity index (χ0v) is 11.6. The van der Waals surface area contributed by atoms with E-state index in [1.807, 2.05) is 0 Å². The summed E-state index contributed by atoms with van der Waals surface area (Å²) in [5, 5.41) is 4.42. The smallest absolute Gasteiger partial charge is 0.183 e. The van der Waals surface area contributed by atoms with E-state index >= 15 is 0 Å². The number of anilines is 1. The lowest BCUT2D eigenvalue weighted by molar-refractivity contribution is 0.120. The minimum atomic E-state index is 0.360. The maximum absolute atomic E-state index is 5.61. The molecule has 96 valence electrons. The molecule has 2 aromatic rings. The van der Waals surface area contributed by atoms with Crippen LogP contribution in [0.15, 0.2) is 12.1 Å². The highest BCUT2D eigenvalue weighted by atomic mass is 32.1. The van der Waals surface area contributed by atoms with Crippen LogP contribution in [0.1, 0.15) is 24.0 Å². The Morgan fingerprint density at radius 2 is 2.22 bits per heavy atom. The van der Waals surface area contributed by atoms with E-state index in [9.17, 15) is 0 Å². The standard InChI is InChI=1S/C14H18N2OS/c1-9-5-6-10(2)13-12(9)16-14(18-13)15-8-11-4-3-7-17-11/h5-6,11H,3-4,7-8H2,1-2H3,(H,15,16). The lowest BCUT2D eigenvalue weighted by Gasteiger charge is -2.08. The second-order valence-electron chi connectivity index (χ2n) is 4.91. The summed E-state index contributed by atoms with van der Waals surface area (Å²) in [7, 11) is 0. The van der Waals surface area contributed by atoms with Gasteiger partial charge < -0.3 is 10.1 Å². The van der Waals surface area contributed by atoms with Crippen molar-refractivity contribution in [3.8, 4) is 0 Å². The van der Waals surface area contributed by atoms with Crippen LogP contribution in [0.25, 0.3) is 10.2 Å². The van der Waals surface area contributed by atoms with Crippen molar-refractivity contribution in [2.75, 3.05) is 18.5 Å². The summed E-state index contributed by atoms with van der Waals surface area (Å²) in [4.78, 5) is 4.69. The fraction of sp³-hybridized carbons (Fsp3) is 0.500. The Morgan fingerprint density at radius 3 is 2.94 bits per heavy atom. The Labute approximate surface area is 111 Å². The number of benzene rings is 1. The molecule has 3 nitrogen and oxygen atoms in total. The molecular weight excluding hydrogens is 244 g/mol. The fourth-order valence-corrected chi connectivity index (χ4v) is 3.36. The fourth-order valence-electron chi connectivity index (χ4n) is 2.34. The van der Waals surface area contributed by atoms with E-state index in [4.69, 9.17) is 4.74 Å². The van der Waals surface area contributed by atoms with Gasteiger partial charge in [0, 0.05) is 13.2 Å². The third-order valence-electron chi connectivity index (χ3n) is 3.45. The van der Waals surface area contributed by atoms with Crippen molar-refractivity contribution in [2.45, 2.75) is 32.8 Å². The summed E-state index contributed by atoms with van der Waals surface area (Å²) in [6.45, 7) is 6.04. The van der Waals surface area contributed by atoms with E-state index in [2.05, 4.69) is 36.3 Å². The Kier molecular flexibility index (Phi) is 3.22. The molecule has 1 aromatic carbocycles. The molecule has 0 aliphatic carbocycles. The van der Waals surface area contributed by atoms with Gasteiger partial charge in [-0.3, -0.25) is 0 Å². The normalized spacial score (nSPS) is 19.6. The molecule has 18 heavy (non-hydrogen) atoms. The minimum absolute atomic E-state index is 0.360. The number of thiazole rings is 1. The van der Waals surface area contributed by atoms with Crippen molar-refractivity contribution in [1.29, 1.82) is 0 Å². The van der Waals surface area contributed by atoms with Crippen LogP contribution < -0.4 is 5.32 Å². The molecule has 0 radical (unpaired) electrons. The minimum Gasteiger partial charge on any atom is -0.376 e. The van der Waals surface area contributed by atoms with Crippen LogP contribution in [0.3, 0.4) is 0 Å². The lowest BCUT2D eigenvalue weighted by Crippen LogP contribution is -2.18. The second-order valence-corrected chi connectivity index (χ2v) is 5.91. The van der Waals surface area contributed by atoms with E-state index in [1.54, 1.807) is 11.3 Å². The summed E-state index contributed by atoms with van der Waals surface area (Å²) in [5.41, 5.74) is 3.69. The number of hydrogen-bond acceptors (Lipinski definition) is 4. The number of aromatic nitrogens is 1. The number of rotatable bonds is 3. The first-order valence-electron chi connectivity index (χ1n) is 6.46. The monoisotopic (exact) mass is 262 g/mol. The molecular formula is C14H18N2OS. The van der Waals surface area contributed by atoms with Gasteiger partial charge in [0.1, 0.15) is 0 Å². The molecule has 1 atom stereocenters. The highest BCUT2D eigenvalue weighted by Crippen LogP contribution is 2.31. The van der Waals surface area contributed by atoms with Crippen LogP contribution in [0.4, 0.5) is 5.13 Å². The van der Waals surface area contributed by atoms with Crippen LogP contribution in [-0.4, -0.2) is 24.2 Å². The van der Waals surface area contributed by atoms with Gasteiger partial charge in [-0.05, 0) is 37.8 Å². The molecule has 3 rings (SSSR count). The van der Waals surface area contributed by atoms with Crippen LogP contribution >= 0.6 is 11.3 Å². The van der Waals surface area contributed by atoms with E-state index in [1.165, 1.54) is 22.2 Å². The Balaban J connectivity index is 1.80. The molecule has 1 fully saturated rings. The third kappa shape index (κ3) is 2.22.